The first-order chi connectivity index (χ1) is 13.8. The first-order valence-electron chi connectivity index (χ1n) is 9.51. The van der Waals surface area contributed by atoms with Crippen LogP contribution in [0.2, 0.25) is 0 Å². The van der Waals surface area contributed by atoms with Gasteiger partial charge in [0.25, 0.3) is 10.0 Å². The molecule has 0 atom stereocenters. The molecule has 0 unspecified atom stereocenters. The number of amides is 1. The molecule has 29 heavy (non-hydrogen) atoms. The van der Waals surface area contributed by atoms with E-state index in [-0.39, 0.29) is 17.3 Å². The molecule has 7 nitrogen and oxygen atoms in total. The van der Waals surface area contributed by atoms with Gasteiger partial charge in [0.1, 0.15) is 12.3 Å². The molecular formula is C21H27N3O4S. The number of carbonyl (C=O) groups is 1. The topological polar surface area (TPSA) is 70.2 Å². The molecule has 1 heterocycles. The summed E-state index contributed by atoms with van der Waals surface area (Å²) in [5, 5.41) is 0. The van der Waals surface area contributed by atoms with E-state index < -0.39 is 10.0 Å². The number of rotatable bonds is 6. The van der Waals surface area contributed by atoms with Gasteiger partial charge in [-0.15, -0.1) is 0 Å². The molecule has 1 saturated heterocycles. The lowest BCUT2D eigenvalue weighted by Crippen LogP contribution is -2.50. The van der Waals surface area contributed by atoms with Crippen molar-refractivity contribution in [2.75, 3.05) is 51.2 Å². The van der Waals surface area contributed by atoms with Gasteiger partial charge in [0.2, 0.25) is 5.91 Å². The second kappa shape index (κ2) is 8.84. The number of ether oxygens (including phenoxy) is 1. The third kappa shape index (κ3) is 4.71. The third-order valence-electron chi connectivity index (χ3n) is 5.13. The Labute approximate surface area is 172 Å². The van der Waals surface area contributed by atoms with Gasteiger partial charge in [-0.3, -0.25) is 9.10 Å². The Hall–Kier alpha value is -2.58. The van der Waals surface area contributed by atoms with E-state index in [0.29, 0.717) is 30.1 Å². The molecule has 8 heteroatoms. The van der Waals surface area contributed by atoms with Gasteiger partial charge in [0.05, 0.1) is 17.7 Å². The summed E-state index contributed by atoms with van der Waals surface area (Å²) in [6, 6.07) is 13.5. The van der Waals surface area contributed by atoms with Crippen molar-refractivity contribution in [1.29, 1.82) is 0 Å². The Kier molecular flexibility index (Phi) is 6.44. The van der Waals surface area contributed by atoms with E-state index in [1.807, 2.05) is 13.1 Å². The number of aryl methyl sites for hydroxylation is 1. The average Bonchev–Trinajstić information content (AvgIpc) is 2.72. The van der Waals surface area contributed by atoms with Crippen LogP contribution >= 0.6 is 0 Å². The van der Waals surface area contributed by atoms with Crippen LogP contribution in [0.25, 0.3) is 0 Å². The van der Waals surface area contributed by atoms with Crippen LogP contribution in [0.15, 0.2) is 53.4 Å². The molecule has 1 aliphatic rings. The Bertz CT molecular complexity index is 955. The van der Waals surface area contributed by atoms with Crippen molar-refractivity contribution in [3.63, 3.8) is 0 Å². The second-order valence-corrected chi connectivity index (χ2v) is 9.03. The summed E-state index contributed by atoms with van der Waals surface area (Å²) in [6.07, 6.45) is 0. The number of likely N-dealkylation sites (N-methyl/N-ethyl adjacent to an activating group) is 1. The fourth-order valence-corrected chi connectivity index (χ4v) is 4.83. The minimum Gasteiger partial charge on any atom is -0.496 e. The summed E-state index contributed by atoms with van der Waals surface area (Å²) < 4.78 is 33.3. The highest BCUT2D eigenvalue weighted by atomic mass is 32.2. The fourth-order valence-electron chi connectivity index (χ4n) is 3.33. The highest BCUT2D eigenvalue weighted by Gasteiger charge is 2.30. The Balaban J connectivity index is 1.93. The van der Waals surface area contributed by atoms with E-state index in [1.165, 1.54) is 10.4 Å². The Morgan fingerprint density at radius 3 is 2.31 bits per heavy atom. The first kappa shape index (κ1) is 21.1. The zero-order valence-corrected chi connectivity index (χ0v) is 17.9. The third-order valence-corrected chi connectivity index (χ3v) is 6.90. The van der Waals surface area contributed by atoms with Crippen LogP contribution in [0.4, 0.5) is 5.69 Å². The number of methoxy groups -OCH3 is 1. The molecule has 0 N–H and O–H groups in total. The number of nitrogens with zero attached hydrogens (tertiary/aromatic N) is 3. The van der Waals surface area contributed by atoms with Gasteiger partial charge in [-0.05, 0) is 49.9 Å². The van der Waals surface area contributed by atoms with Gasteiger partial charge >= 0.3 is 0 Å². The molecule has 0 aliphatic carbocycles. The number of sulfonamides is 1. The molecule has 2 aromatic carbocycles. The van der Waals surface area contributed by atoms with Crippen molar-refractivity contribution in [2.24, 2.45) is 0 Å². The van der Waals surface area contributed by atoms with Crippen LogP contribution in [0, 0.1) is 6.92 Å². The van der Waals surface area contributed by atoms with E-state index >= 15 is 0 Å². The summed E-state index contributed by atoms with van der Waals surface area (Å²) in [4.78, 5) is 16.9. The summed E-state index contributed by atoms with van der Waals surface area (Å²) in [5.41, 5.74) is 1.18. The quantitative estimate of drug-likeness (QED) is 0.719. The molecule has 0 radical (unpaired) electrons. The average molecular weight is 418 g/mol. The molecule has 156 valence electrons. The van der Waals surface area contributed by atoms with Crippen molar-refractivity contribution >= 4 is 21.6 Å². The number of hydrogen-bond acceptors (Lipinski definition) is 5. The number of para-hydroxylation sites is 1. The molecule has 3 rings (SSSR count). The van der Waals surface area contributed by atoms with E-state index in [0.717, 1.165) is 13.1 Å². The van der Waals surface area contributed by atoms with Gasteiger partial charge in [0.15, 0.2) is 0 Å². The summed E-state index contributed by atoms with van der Waals surface area (Å²) in [7, 11) is -0.375. The van der Waals surface area contributed by atoms with Crippen molar-refractivity contribution in [3.8, 4) is 5.75 Å². The molecule has 1 fully saturated rings. The van der Waals surface area contributed by atoms with Gasteiger partial charge in [-0.1, -0.05) is 18.2 Å². The van der Waals surface area contributed by atoms with E-state index in [9.17, 15) is 13.2 Å². The molecule has 1 amide bonds. The van der Waals surface area contributed by atoms with E-state index in [4.69, 9.17) is 4.74 Å². The van der Waals surface area contributed by atoms with Crippen LogP contribution in [-0.2, 0) is 14.8 Å². The van der Waals surface area contributed by atoms with Gasteiger partial charge in [0, 0.05) is 26.2 Å². The smallest absolute Gasteiger partial charge is 0.264 e. The van der Waals surface area contributed by atoms with Crippen LogP contribution < -0.4 is 9.04 Å². The Morgan fingerprint density at radius 1 is 1.07 bits per heavy atom. The van der Waals surface area contributed by atoms with Crippen LogP contribution in [0.3, 0.4) is 0 Å². The lowest BCUT2D eigenvalue weighted by molar-refractivity contribution is -0.131. The van der Waals surface area contributed by atoms with Crippen LogP contribution in [-0.4, -0.2) is 71.0 Å². The largest absolute Gasteiger partial charge is 0.496 e. The maximum absolute atomic E-state index is 13.5. The normalized spacial score (nSPS) is 15.2. The molecule has 2 aromatic rings. The molecule has 0 bridgehead atoms. The lowest BCUT2D eigenvalue weighted by atomic mass is 10.2. The molecule has 1 aliphatic heterocycles. The summed E-state index contributed by atoms with van der Waals surface area (Å²) >= 11 is 0. The highest BCUT2D eigenvalue weighted by Crippen LogP contribution is 2.27. The zero-order valence-electron chi connectivity index (χ0n) is 17.0. The van der Waals surface area contributed by atoms with Crippen LogP contribution in [0.1, 0.15) is 5.56 Å². The fraction of sp³-hybridized carbons (Fsp3) is 0.381. The zero-order chi connectivity index (χ0) is 21.0. The minimum atomic E-state index is -3.93. The monoisotopic (exact) mass is 417 g/mol. The molecule has 0 spiro atoms. The predicted molar refractivity (Wildman–Crippen MR) is 113 cm³/mol. The van der Waals surface area contributed by atoms with Gasteiger partial charge in [-0.25, -0.2) is 8.42 Å². The summed E-state index contributed by atoms with van der Waals surface area (Å²) in [5.74, 6) is 0.416. The number of piperazine rings is 1. The summed E-state index contributed by atoms with van der Waals surface area (Å²) in [6.45, 7) is 4.31. The highest BCUT2D eigenvalue weighted by molar-refractivity contribution is 7.92. The standard InChI is InChI=1S/C21H27N3O4S/c1-17-15-19(9-10-20(17)28-3)29(26,27)24(18-7-5-4-6-8-18)16-21(25)23-13-11-22(2)12-14-23/h4-10,15H,11-14,16H2,1-3H3. The van der Waals surface area contributed by atoms with E-state index in [2.05, 4.69) is 4.90 Å². The number of anilines is 1. The molecule has 0 saturated carbocycles. The lowest BCUT2D eigenvalue weighted by Gasteiger charge is -2.34. The van der Waals surface area contributed by atoms with Crippen molar-refractivity contribution < 1.29 is 17.9 Å². The number of benzene rings is 2. The van der Waals surface area contributed by atoms with Crippen molar-refractivity contribution in [2.45, 2.75) is 11.8 Å². The molecule has 0 aromatic heterocycles. The predicted octanol–water partition coefficient (Wildman–Crippen LogP) is 1.97. The second-order valence-electron chi connectivity index (χ2n) is 7.16. The minimum absolute atomic E-state index is 0.130. The Morgan fingerprint density at radius 2 is 1.72 bits per heavy atom. The van der Waals surface area contributed by atoms with E-state index in [1.54, 1.807) is 55.3 Å². The van der Waals surface area contributed by atoms with Crippen LogP contribution in [0.5, 0.6) is 5.75 Å². The molecular weight excluding hydrogens is 390 g/mol. The number of carbonyl (C=O) groups excluding carboxylic acids is 1. The van der Waals surface area contributed by atoms with Crippen molar-refractivity contribution in [1.82, 2.24) is 9.80 Å². The van der Waals surface area contributed by atoms with Gasteiger partial charge in [-0.2, -0.15) is 0 Å². The first-order valence-corrected chi connectivity index (χ1v) is 11.0. The maximum Gasteiger partial charge on any atom is 0.264 e. The SMILES string of the molecule is COc1ccc(S(=O)(=O)N(CC(=O)N2CCN(C)CC2)c2ccccc2)cc1C. The number of hydrogen-bond donors (Lipinski definition) is 0. The van der Waals surface area contributed by atoms with Gasteiger partial charge < -0.3 is 14.5 Å². The van der Waals surface area contributed by atoms with Crippen molar-refractivity contribution in [3.05, 3.63) is 54.1 Å². The maximum atomic E-state index is 13.5.